The van der Waals surface area contributed by atoms with Crippen molar-refractivity contribution in [2.45, 2.75) is 38.3 Å². The Morgan fingerprint density at radius 2 is 1.91 bits per heavy atom. The van der Waals surface area contributed by atoms with Crippen molar-refractivity contribution in [2.75, 3.05) is 18.2 Å². The molecule has 0 aliphatic rings. The van der Waals surface area contributed by atoms with Crippen molar-refractivity contribution in [3.05, 3.63) is 70.4 Å². The van der Waals surface area contributed by atoms with Crippen molar-refractivity contribution in [3.8, 4) is 17.0 Å². The third kappa shape index (κ3) is 6.29. The Morgan fingerprint density at radius 1 is 1.11 bits per heavy atom. The number of anilines is 1. The van der Waals surface area contributed by atoms with Gasteiger partial charge in [-0.2, -0.15) is 0 Å². The summed E-state index contributed by atoms with van der Waals surface area (Å²) in [5, 5.41) is 12.9. The number of hydrogen-bond acceptors (Lipinski definition) is 7. The van der Waals surface area contributed by atoms with Crippen LogP contribution in [-0.4, -0.2) is 38.5 Å². The van der Waals surface area contributed by atoms with Crippen molar-refractivity contribution < 1.29 is 9.53 Å². The van der Waals surface area contributed by atoms with E-state index in [1.165, 1.54) is 28.7 Å². The highest BCUT2D eigenvalue weighted by Crippen LogP contribution is 2.30. The number of methoxy groups -OCH3 is 1. The van der Waals surface area contributed by atoms with Crippen LogP contribution in [0.5, 0.6) is 5.75 Å². The number of benzene rings is 2. The molecule has 2 aromatic carbocycles. The number of nitrogens with zero attached hydrogens (tertiary/aromatic N) is 4. The number of amides is 1. The van der Waals surface area contributed by atoms with Gasteiger partial charge in [-0.25, -0.2) is 4.98 Å². The van der Waals surface area contributed by atoms with E-state index in [2.05, 4.69) is 39.6 Å². The maximum atomic E-state index is 12.5. The summed E-state index contributed by atoms with van der Waals surface area (Å²) in [6, 6.07) is 16.3. The van der Waals surface area contributed by atoms with Gasteiger partial charge in [0.1, 0.15) is 11.6 Å². The molecule has 2 aromatic heterocycles. The molecule has 2 heterocycles. The van der Waals surface area contributed by atoms with Crippen molar-refractivity contribution in [1.82, 2.24) is 19.7 Å². The summed E-state index contributed by atoms with van der Waals surface area (Å²) in [4.78, 5) is 18.2. The average Bonchev–Trinajstić information content (AvgIpc) is 3.40. The third-order valence-electron chi connectivity index (χ3n) is 5.67. The molecule has 0 bridgehead atoms. The molecule has 7 nitrogen and oxygen atoms in total. The number of hydrogen-bond donors (Lipinski definition) is 1. The Kier molecular flexibility index (Phi) is 8.20. The first-order valence-electron chi connectivity index (χ1n) is 11.4. The minimum Gasteiger partial charge on any atom is -0.496 e. The van der Waals surface area contributed by atoms with E-state index in [9.17, 15) is 4.79 Å². The van der Waals surface area contributed by atoms with E-state index in [4.69, 9.17) is 4.74 Å². The molecular weight excluding hydrogens is 478 g/mol. The van der Waals surface area contributed by atoms with Gasteiger partial charge in [0, 0.05) is 23.9 Å². The minimum absolute atomic E-state index is 0.109. The van der Waals surface area contributed by atoms with Gasteiger partial charge in [0.05, 0.1) is 18.6 Å². The number of aromatic nitrogens is 4. The van der Waals surface area contributed by atoms with Gasteiger partial charge in [-0.05, 0) is 43.9 Å². The molecule has 182 valence electrons. The first kappa shape index (κ1) is 24.9. The van der Waals surface area contributed by atoms with Crippen LogP contribution in [0.4, 0.5) is 5.13 Å². The standard InChI is InChI=1S/C26H29N5O2S2/c1-17-15-19(13-14-21(17)33-4)9-8-12-22-29-30-26(31(22)3)34-16-23(32)27-25-28-24(18(2)35-25)20-10-6-5-7-11-20/h5-7,10-11,13-15H,8-9,12,16H2,1-4H3,(H,27,28,32). The van der Waals surface area contributed by atoms with Gasteiger partial charge in [0.15, 0.2) is 10.3 Å². The lowest BCUT2D eigenvalue weighted by Gasteiger charge is -2.07. The fourth-order valence-corrected chi connectivity index (χ4v) is 5.42. The van der Waals surface area contributed by atoms with Crippen LogP contribution in [0.2, 0.25) is 0 Å². The predicted molar refractivity (Wildman–Crippen MR) is 142 cm³/mol. The molecule has 0 aliphatic heterocycles. The van der Waals surface area contributed by atoms with Gasteiger partial charge in [-0.1, -0.05) is 54.2 Å². The summed E-state index contributed by atoms with van der Waals surface area (Å²) >= 11 is 2.86. The molecule has 1 amide bonds. The number of rotatable bonds is 10. The summed E-state index contributed by atoms with van der Waals surface area (Å²) in [6.45, 7) is 4.07. The van der Waals surface area contributed by atoms with Crippen LogP contribution in [0, 0.1) is 13.8 Å². The Hall–Kier alpha value is -3.17. The summed E-state index contributed by atoms with van der Waals surface area (Å²) in [6.07, 6.45) is 2.75. The van der Waals surface area contributed by atoms with Crippen molar-refractivity contribution in [1.29, 1.82) is 0 Å². The second-order valence-corrected chi connectivity index (χ2v) is 10.4. The van der Waals surface area contributed by atoms with Crippen molar-refractivity contribution in [2.24, 2.45) is 7.05 Å². The van der Waals surface area contributed by atoms with Crippen molar-refractivity contribution in [3.63, 3.8) is 0 Å². The molecule has 35 heavy (non-hydrogen) atoms. The molecule has 9 heteroatoms. The Bertz CT molecular complexity index is 1300. The number of thioether (sulfide) groups is 1. The van der Waals surface area contributed by atoms with E-state index in [0.717, 1.165) is 57.7 Å². The SMILES string of the molecule is COc1ccc(CCCc2nnc(SCC(=O)Nc3nc(-c4ccccc4)c(C)s3)n2C)cc1C. The van der Waals surface area contributed by atoms with Crippen LogP contribution in [0.25, 0.3) is 11.3 Å². The van der Waals surface area contributed by atoms with E-state index < -0.39 is 0 Å². The highest BCUT2D eigenvalue weighted by atomic mass is 32.2. The zero-order valence-electron chi connectivity index (χ0n) is 20.4. The number of thiazole rings is 1. The van der Waals surface area contributed by atoms with Crippen LogP contribution in [0.3, 0.4) is 0 Å². The van der Waals surface area contributed by atoms with Crippen LogP contribution >= 0.6 is 23.1 Å². The van der Waals surface area contributed by atoms with E-state index in [0.29, 0.717) is 5.13 Å². The average molecular weight is 508 g/mol. The lowest BCUT2D eigenvalue weighted by atomic mass is 10.0. The Labute approximate surface area is 214 Å². The molecule has 0 aliphatic carbocycles. The molecule has 4 aromatic rings. The number of carbonyl (C=O) groups excluding carboxylic acids is 1. The van der Waals surface area contributed by atoms with Crippen molar-refractivity contribution >= 4 is 34.1 Å². The molecule has 0 unspecified atom stereocenters. The van der Waals surface area contributed by atoms with Crippen LogP contribution in [-0.2, 0) is 24.7 Å². The molecule has 0 saturated carbocycles. The predicted octanol–water partition coefficient (Wildman–Crippen LogP) is 5.47. The zero-order chi connectivity index (χ0) is 24.8. The largest absolute Gasteiger partial charge is 0.496 e. The fraction of sp³-hybridized carbons (Fsp3) is 0.308. The van der Waals surface area contributed by atoms with Gasteiger partial charge in [0.2, 0.25) is 5.91 Å². The number of aryl methyl sites for hydroxylation is 4. The Balaban J connectivity index is 1.27. The molecule has 1 N–H and O–H groups in total. The topological polar surface area (TPSA) is 81.9 Å². The van der Waals surface area contributed by atoms with E-state index in [1.807, 2.05) is 54.9 Å². The van der Waals surface area contributed by atoms with Crippen LogP contribution < -0.4 is 10.1 Å². The lowest BCUT2D eigenvalue weighted by Crippen LogP contribution is -2.14. The number of ether oxygens (including phenoxy) is 1. The quantitative estimate of drug-likeness (QED) is 0.287. The monoisotopic (exact) mass is 507 g/mol. The molecule has 4 rings (SSSR count). The van der Waals surface area contributed by atoms with E-state index >= 15 is 0 Å². The molecule has 0 saturated heterocycles. The van der Waals surface area contributed by atoms with Crippen LogP contribution in [0.1, 0.15) is 28.2 Å². The summed E-state index contributed by atoms with van der Waals surface area (Å²) in [7, 11) is 3.64. The maximum absolute atomic E-state index is 12.5. The maximum Gasteiger partial charge on any atom is 0.236 e. The first-order valence-corrected chi connectivity index (χ1v) is 13.2. The zero-order valence-corrected chi connectivity index (χ0v) is 22.0. The molecule has 0 spiro atoms. The summed E-state index contributed by atoms with van der Waals surface area (Å²) in [5.41, 5.74) is 4.38. The fourth-order valence-electron chi connectivity index (χ4n) is 3.83. The van der Waals surface area contributed by atoms with Gasteiger partial charge in [-0.3, -0.25) is 4.79 Å². The highest BCUT2D eigenvalue weighted by Gasteiger charge is 2.15. The van der Waals surface area contributed by atoms with Gasteiger partial charge in [0.25, 0.3) is 0 Å². The number of carbonyl (C=O) groups is 1. The highest BCUT2D eigenvalue weighted by molar-refractivity contribution is 7.99. The van der Waals surface area contributed by atoms with Gasteiger partial charge in [-0.15, -0.1) is 21.5 Å². The summed E-state index contributed by atoms with van der Waals surface area (Å²) in [5.74, 6) is 1.97. The van der Waals surface area contributed by atoms with E-state index in [-0.39, 0.29) is 11.7 Å². The second-order valence-electron chi connectivity index (χ2n) is 8.24. The summed E-state index contributed by atoms with van der Waals surface area (Å²) < 4.78 is 7.30. The van der Waals surface area contributed by atoms with Crippen LogP contribution in [0.15, 0.2) is 53.7 Å². The Morgan fingerprint density at radius 3 is 2.66 bits per heavy atom. The second kappa shape index (κ2) is 11.5. The van der Waals surface area contributed by atoms with Gasteiger partial charge >= 0.3 is 0 Å². The third-order valence-corrected chi connectivity index (χ3v) is 7.58. The van der Waals surface area contributed by atoms with E-state index in [1.54, 1.807) is 7.11 Å². The smallest absolute Gasteiger partial charge is 0.236 e. The molecular formula is C26H29N5O2S2. The van der Waals surface area contributed by atoms with Gasteiger partial charge < -0.3 is 14.6 Å². The lowest BCUT2D eigenvalue weighted by molar-refractivity contribution is -0.113. The minimum atomic E-state index is -0.109. The molecule has 0 radical (unpaired) electrons. The normalized spacial score (nSPS) is 11.0. The first-order chi connectivity index (χ1) is 16.9. The molecule has 0 fully saturated rings. The molecule has 0 atom stereocenters. The number of nitrogens with one attached hydrogen (secondary N) is 1.